The summed E-state index contributed by atoms with van der Waals surface area (Å²) in [6.07, 6.45) is 0. The van der Waals surface area contributed by atoms with Gasteiger partial charge in [0.05, 0.1) is 5.03 Å². The number of ether oxygens (including phenoxy) is 1. The predicted octanol–water partition coefficient (Wildman–Crippen LogP) is 1.70. The zero-order chi connectivity index (χ0) is 21.6. The van der Waals surface area contributed by atoms with Crippen molar-refractivity contribution in [3.63, 3.8) is 0 Å². The number of amides is 2. The summed E-state index contributed by atoms with van der Waals surface area (Å²) in [6.45, 7) is -1.16. The predicted molar refractivity (Wildman–Crippen MR) is 87.3 cm³/mol. The number of nitrogens with one attached hydrogen (secondary N) is 1. The number of rotatable bonds is 5. The van der Waals surface area contributed by atoms with E-state index in [0.29, 0.717) is 0 Å². The maximum atomic E-state index is 13.5. The number of carbonyl (C=O) groups is 3. The van der Waals surface area contributed by atoms with Crippen molar-refractivity contribution in [3.8, 4) is 5.75 Å². The van der Waals surface area contributed by atoms with E-state index in [1.165, 1.54) is 0 Å². The van der Waals surface area contributed by atoms with Crippen LogP contribution in [0.5, 0.6) is 5.75 Å². The highest BCUT2D eigenvalue weighted by Gasteiger charge is 2.54. The molecule has 1 aromatic carbocycles. The van der Waals surface area contributed by atoms with Gasteiger partial charge in [-0.1, -0.05) is 11.6 Å². The second-order valence-electron chi connectivity index (χ2n) is 5.70. The van der Waals surface area contributed by atoms with E-state index in [1.54, 1.807) is 0 Å². The molecule has 156 valence electrons. The van der Waals surface area contributed by atoms with Gasteiger partial charge in [0.25, 0.3) is 11.8 Å². The summed E-state index contributed by atoms with van der Waals surface area (Å²) in [7, 11) is 0. The molecule has 2 aliphatic heterocycles. The van der Waals surface area contributed by atoms with Crippen molar-refractivity contribution in [2.75, 3.05) is 12.4 Å². The molecule has 14 heteroatoms. The average Bonchev–Trinajstić information content (AvgIpc) is 2.68. The number of benzene rings is 1. The first-order chi connectivity index (χ1) is 13.6. The van der Waals surface area contributed by atoms with E-state index in [1.807, 2.05) is 0 Å². The van der Waals surface area contributed by atoms with Crippen LogP contribution in [0.2, 0.25) is 0 Å². The fourth-order valence-electron chi connectivity index (χ4n) is 2.65. The molecule has 2 heterocycles. The van der Waals surface area contributed by atoms with Crippen LogP contribution in [0.25, 0.3) is 0 Å². The fourth-order valence-corrected chi connectivity index (χ4v) is 4.20. The van der Waals surface area contributed by atoms with E-state index >= 15 is 0 Å². The summed E-state index contributed by atoms with van der Waals surface area (Å²) in [4.78, 5) is 36.1. The monoisotopic (exact) mass is 458 g/mol. The lowest BCUT2D eigenvalue weighted by atomic mass is 10.1. The Morgan fingerprint density at radius 1 is 1.14 bits per heavy atom. The first kappa shape index (κ1) is 21.2. The van der Waals surface area contributed by atoms with E-state index in [0.717, 1.165) is 16.7 Å². The number of fused-ring (bicyclic) bond motifs is 1. The molecule has 2 unspecified atom stereocenters. The van der Waals surface area contributed by atoms with Crippen LogP contribution in [0.3, 0.4) is 0 Å². The maximum Gasteiger partial charge on any atom is 0.353 e. The van der Waals surface area contributed by atoms with Gasteiger partial charge in [0.2, 0.25) is 29.1 Å². The number of nitrogens with zero attached hydrogens (tertiary/aromatic N) is 1. The molecular formula is C15H8ClF5N2O5S. The van der Waals surface area contributed by atoms with Gasteiger partial charge in [-0.15, -0.1) is 11.8 Å². The van der Waals surface area contributed by atoms with Gasteiger partial charge < -0.3 is 15.2 Å². The third kappa shape index (κ3) is 3.48. The molecule has 7 nitrogen and oxygen atoms in total. The summed E-state index contributed by atoms with van der Waals surface area (Å²) in [6, 6.07) is -1.19. The van der Waals surface area contributed by atoms with Crippen molar-refractivity contribution >= 4 is 41.1 Å². The first-order valence-corrected chi connectivity index (χ1v) is 8.99. The second kappa shape index (κ2) is 7.71. The van der Waals surface area contributed by atoms with Gasteiger partial charge in [0.15, 0.2) is 12.4 Å². The number of carbonyl (C=O) groups excluding carboxylic acids is 2. The van der Waals surface area contributed by atoms with Crippen molar-refractivity contribution in [1.82, 2.24) is 10.2 Å². The Kier molecular flexibility index (Phi) is 5.63. The number of carboxylic acid groups (broad SMARTS) is 1. The molecule has 29 heavy (non-hydrogen) atoms. The van der Waals surface area contributed by atoms with Crippen LogP contribution in [0.15, 0.2) is 10.7 Å². The highest BCUT2D eigenvalue weighted by molar-refractivity contribution is 8.00. The highest BCUT2D eigenvalue weighted by atomic mass is 35.5. The van der Waals surface area contributed by atoms with Crippen LogP contribution in [0, 0.1) is 29.1 Å². The van der Waals surface area contributed by atoms with Crippen molar-refractivity contribution < 1.29 is 46.2 Å². The molecule has 2 amide bonds. The summed E-state index contributed by atoms with van der Waals surface area (Å²) < 4.78 is 70.6. The highest BCUT2D eigenvalue weighted by Crippen LogP contribution is 2.41. The number of aliphatic carboxylic acids is 1. The Morgan fingerprint density at radius 3 is 2.24 bits per heavy atom. The number of hydrogen-bond acceptors (Lipinski definition) is 5. The molecule has 0 saturated carbocycles. The minimum Gasteiger partial charge on any atom is -0.477 e. The molecule has 2 aliphatic rings. The van der Waals surface area contributed by atoms with Crippen LogP contribution < -0.4 is 10.1 Å². The van der Waals surface area contributed by atoms with Crippen molar-refractivity contribution in [1.29, 1.82) is 0 Å². The van der Waals surface area contributed by atoms with Gasteiger partial charge in [-0.25, -0.2) is 18.0 Å². The third-order valence-electron chi connectivity index (χ3n) is 3.96. The minimum atomic E-state index is -2.38. The second-order valence-corrected chi connectivity index (χ2v) is 7.26. The van der Waals surface area contributed by atoms with Gasteiger partial charge in [0, 0.05) is 5.75 Å². The molecule has 0 radical (unpaired) electrons. The van der Waals surface area contributed by atoms with Gasteiger partial charge in [-0.3, -0.25) is 14.5 Å². The summed E-state index contributed by atoms with van der Waals surface area (Å²) >= 11 is 6.85. The van der Waals surface area contributed by atoms with E-state index in [2.05, 4.69) is 10.1 Å². The van der Waals surface area contributed by atoms with Gasteiger partial charge in [-0.2, -0.15) is 8.78 Å². The molecule has 2 N–H and O–H groups in total. The van der Waals surface area contributed by atoms with Crippen LogP contribution in [-0.2, 0) is 14.4 Å². The Bertz CT molecular complexity index is 946. The Balaban J connectivity index is 1.67. The third-order valence-corrected chi connectivity index (χ3v) is 5.71. The standard InChI is InChI=1S/C15H8ClF5N2O5S/c16-3-2-29-14-10(13(25)23(14)11(3)15(26)27)22-4(24)1-28-12-8(20)6(18)5(17)7(19)9(12)21/h10,14H,1-2H2,(H,22,24)(H,26,27). The topological polar surface area (TPSA) is 95.9 Å². The van der Waals surface area contributed by atoms with Crippen LogP contribution in [0.4, 0.5) is 22.0 Å². The van der Waals surface area contributed by atoms with Gasteiger partial charge >= 0.3 is 5.97 Å². The molecule has 1 fully saturated rings. The number of halogens is 6. The lowest BCUT2D eigenvalue weighted by Crippen LogP contribution is -2.70. The van der Waals surface area contributed by atoms with Gasteiger partial charge in [-0.05, 0) is 0 Å². The smallest absolute Gasteiger partial charge is 0.353 e. The maximum absolute atomic E-state index is 13.5. The zero-order valence-corrected chi connectivity index (χ0v) is 15.3. The zero-order valence-electron chi connectivity index (χ0n) is 13.8. The quantitative estimate of drug-likeness (QED) is 0.302. The van der Waals surface area contributed by atoms with E-state index in [9.17, 15) is 36.3 Å². The molecule has 0 bridgehead atoms. The van der Waals surface area contributed by atoms with E-state index in [4.69, 9.17) is 16.7 Å². The molecule has 0 aromatic heterocycles. The van der Waals surface area contributed by atoms with E-state index < -0.39 is 76.3 Å². The Morgan fingerprint density at radius 2 is 1.69 bits per heavy atom. The molecular weight excluding hydrogens is 451 g/mol. The summed E-state index contributed by atoms with van der Waals surface area (Å²) in [5.74, 6) is -16.3. The van der Waals surface area contributed by atoms with Crippen LogP contribution in [-0.4, -0.2) is 51.6 Å². The van der Waals surface area contributed by atoms with Crippen LogP contribution in [0.1, 0.15) is 0 Å². The van der Waals surface area contributed by atoms with E-state index in [-0.39, 0.29) is 10.8 Å². The number of thioether (sulfide) groups is 1. The lowest BCUT2D eigenvalue weighted by molar-refractivity contribution is -0.150. The average molecular weight is 459 g/mol. The summed E-state index contributed by atoms with van der Waals surface area (Å²) in [5.41, 5.74) is -0.427. The molecule has 1 aromatic rings. The molecule has 1 saturated heterocycles. The molecule has 3 rings (SSSR count). The van der Waals surface area contributed by atoms with Crippen LogP contribution >= 0.6 is 23.4 Å². The number of β-lactam (4-membered cyclic amide) rings is 1. The normalized spacial score (nSPS) is 20.9. The minimum absolute atomic E-state index is 0.0606. The largest absolute Gasteiger partial charge is 0.477 e. The Labute approximate surface area is 167 Å². The molecule has 0 spiro atoms. The van der Waals surface area contributed by atoms with Gasteiger partial charge in [0.1, 0.15) is 17.1 Å². The molecule has 0 aliphatic carbocycles. The van der Waals surface area contributed by atoms with Crippen molar-refractivity contribution in [2.45, 2.75) is 11.4 Å². The first-order valence-electron chi connectivity index (χ1n) is 7.56. The van der Waals surface area contributed by atoms with Crippen molar-refractivity contribution in [3.05, 3.63) is 39.8 Å². The number of hydrogen-bond donors (Lipinski definition) is 2. The Hall–Kier alpha value is -2.54. The number of carboxylic acids is 1. The SMILES string of the molecule is O=C(COc1c(F)c(F)c(F)c(F)c1F)NC1C(=O)N2C(C(=O)O)=C(Cl)CSC12. The lowest BCUT2D eigenvalue weighted by Gasteiger charge is -2.48. The fraction of sp³-hybridized carbons (Fsp3) is 0.267. The summed E-state index contributed by atoms with van der Waals surface area (Å²) in [5, 5.41) is 10.4. The van der Waals surface area contributed by atoms with Crippen molar-refractivity contribution in [2.24, 2.45) is 0 Å². The molecule has 2 atom stereocenters.